The second-order valence-corrected chi connectivity index (χ2v) is 4.18. The van der Waals surface area contributed by atoms with Crippen LogP contribution in [0.4, 0.5) is 0 Å². The Morgan fingerprint density at radius 3 is 3.12 bits per heavy atom. The highest BCUT2D eigenvalue weighted by Crippen LogP contribution is 2.07. The summed E-state index contributed by atoms with van der Waals surface area (Å²) in [7, 11) is 0. The summed E-state index contributed by atoms with van der Waals surface area (Å²) >= 11 is 0. The first-order valence-corrected chi connectivity index (χ1v) is 5.66. The molecule has 17 heavy (non-hydrogen) atoms. The lowest BCUT2D eigenvalue weighted by Gasteiger charge is -2.34. The number of carbonyl (C=O) groups is 1. The van der Waals surface area contributed by atoms with Crippen LogP contribution in [0, 0.1) is 0 Å². The molecule has 2 heterocycles. The van der Waals surface area contributed by atoms with Crippen molar-refractivity contribution in [1.29, 1.82) is 0 Å². The van der Waals surface area contributed by atoms with Gasteiger partial charge in [-0.1, -0.05) is 6.07 Å². The molecule has 1 atom stereocenters. The van der Waals surface area contributed by atoms with Gasteiger partial charge in [0.15, 0.2) is 0 Å². The number of pyridine rings is 1. The van der Waals surface area contributed by atoms with Gasteiger partial charge in [-0.15, -0.1) is 12.4 Å². The Hall–Kier alpha value is -1.13. The van der Waals surface area contributed by atoms with Crippen LogP contribution in [-0.4, -0.2) is 41.5 Å². The summed E-state index contributed by atoms with van der Waals surface area (Å²) in [6, 6.07) is 4.10. The van der Waals surface area contributed by atoms with Gasteiger partial charge in [0.1, 0.15) is 0 Å². The van der Waals surface area contributed by atoms with E-state index in [2.05, 4.69) is 17.2 Å². The maximum atomic E-state index is 12.0. The first kappa shape index (κ1) is 13.9. The Kier molecular flexibility index (Phi) is 5.38. The minimum Gasteiger partial charge on any atom is -0.337 e. The molecular formula is C12H18ClN3O. The average molecular weight is 256 g/mol. The summed E-state index contributed by atoms with van der Waals surface area (Å²) in [6.07, 6.45) is 3.93. The molecule has 1 aromatic rings. The number of hydrogen-bond acceptors (Lipinski definition) is 3. The van der Waals surface area contributed by atoms with Crippen LogP contribution >= 0.6 is 12.4 Å². The molecular weight excluding hydrogens is 238 g/mol. The molecule has 0 aromatic carbocycles. The summed E-state index contributed by atoms with van der Waals surface area (Å²) in [5.41, 5.74) is 0.984. The van der Waals surface area contributed by atoms with Crippen LogP contribution in [0.25, 0.3) is 0 Å². The molecule has 4 nitrogen and oxygen atoms in total. The number of amides is 1. The predicted molar refractivity (Wildman–Crippen MR) is 69.2 cm³/mol. The Morgan fingerprint density at radius 1 is 1.65 bits per heavy atom. The van der Waals surface area contributed by atoms with Crippen molar-refractivity contribution in [1.82, 2.24) is 15.2 Å². The zero-order valence-electron chi connectivity index (χ0n) is 9.93. The topological polar surface area (TPSA) is 45.2 Å². The van der Waals surface area contributed by atoms with E-state index in [1.807, 2.05) is 17.0 Å². The molecule has 0 aliphatic carbocycles. The zero-order valence-corrected chi connectivity index (χ0v) is 10.7. The van der Waals surface area contributed by atoms with E-state index in [4.69, 9.17) is 0 Å². The van der Waals surface area contributed by atoms with Crippen LogP contribution in [0.15, 0.2) is 24.5 Å². The summed E-state index contributed by atoms with van der Waals surface area (Å²) in [4.78, 5) is 18.0. The van der Waals surface area contributed by atoms with E-state index in [9.17, 15) is 4.79 Å². The minimum atomic E-state index is 0. The Bertz CT molecular complexity index is 358. The fourth-order valence-electron chi connectivity index (χ4n) is 1.99. The van der Waals surface area contributed by atoms with Gasteiger partial charge in [0.25, 0.3) is 0 Å². The van der Waals surface area contributed by atoms with Crippen LogP contribution in [0.2, 0.25) is 0 Å². The fourth-order valence-corrected chi connectivity index (χ4v) is 1.99. The molecule has 5 heteroatoms. The first-order valence-electron chi connectivity index (χ1n) is 5.66. The highest BCUT2D eigenvalue weighted by atomic mass is 35.5. The molecule has 1 N–H and O–H groups in total. The summed E-state index contributed by atoms with van der Waals surface area (Å²) < 4.78 is 0. The molecule has 2 rings (SSSR count). The first-order chi connectivity index (χ1) is 7.77. The van der Waals surface area contributed by atoms with Gasteiger partial charge in [-0.3, -0.25) is 9.78 Å². The smallest absolute Gasteiger partial charge is 0.227 e. The van der Waals surface area contributed by atoms with Crippen molar-refractivity contribution in [3.63, 3.8) is 0 Å². The Labute approximate surface area is 108 Å². The van der Waals surface area contributed by atoms with Gasteiger partial charge >= 0.3 is 0 Å². The van der Waals surface area contributed by atoms with E-state index in [1.165, 1.54) is 0 Å². The Balaban J connectivity index is 0.00000144. The van der Waals surface area contributed by atoms with Gasteiger partial charge in [-0.2, -0.15) is 0 Å². The second-order valence-electron chi connectivity index (χ2n) is 4.18. The van der Waals surface area contributed by atoms with Crippen LogP contribution < -0.4 is 5.32 Å². The van der Waals surface area contributed by atoms with Crippen molar-refractivity contribution >= 4 is 18.3 Å². The third-order valence-corrected chi connectivity index (χ3v) is 2.90. The number of halogens is 1. The molecule has 0 spiro atoms. The molecule has 1 aliphatic rings. The van der Waals surface area contributed by atoms with Gasteiger partial charge < -0.3 is 10.2 Å². The maximum Gasteiger partial charge on any atom is 0.227 e. The zero-order chi connectivity index (χ0) is 11.4. The molecule has 94 valence electrons. The van der Waals surface area contributed by atoms with E-state index in [0.717, 1.165) is 25.2 Å². The summed E-state index contributed by atoms with van der Waals surface area (Å²) in [5.74, 6) is 0.196. The molecule has 0 unspecified atom stereocenters. The summed E-state index contributed by atoms with van der Waals surface area (Å²) in [5, 5.41) is 3.28. The van der Waals surface area contributed by atoms with Gasteiger partial charge in [0.05, 0.1) is 6.42 Å². The van der Waals surface area contributed by atoms with Gasteiger partial charge in [0.2, 0.25) is 5.91 Å². The average Bonchev–Trinajstić information content (AvgIpc) is 2.31. The van der Waals surface area contributed by atoms with Gasteiger partial charge in [-0.05, 0) is 18.6 Å². The van der Waals surface area contributed by atoms with Gasteiger partial charge in [0, 0.05) is 38.1 Å². The lowest BCUT2D eigenvalue weighted by Crippen LogP contribution is -2.52. The second kappa shape index (κ2) is 6.57. The molecule has 0 bridgehead atoms. The molecule has 0 radical (unpaired) electrons. The van der Waals surface area contributed by atoms with E-state index < -0.39 is 0 Å². The van der Waals surface area contributed by atoms with Crippen molar-refractivity contribution < 1.29 is 4.79 Å². The lowest BCUT2D eigenvalue weighted by molar-refractivity contribution is -0.133. The van der Waals surface area contributed by atoms with E-state index in [1.54, 1.807) is 12.4 Å². The largest absolute Gasteiger partial charge is 0.337 e. The minimum absolute atomic E-state index is 0. The number of aromatic nitrogens is 1. The normalized spacial score (nSPS) is 19.6. The number of rotatable bonds is 2. The highest BCUT2D eigenvalue weighted by molar-refractivity contribution is 5.85. The van der Waals surface area contributed by atoms with E-state index >= 15 is 0 Å². The Morgan fingerprint density at radius 2 is 2.47 bits per heavy atom. The van der Waals surface area contributed by atoms with E-state index in [-0.39, 0.29) is 24.4 Å². The molecule has 1 fully saturated rings. The number of hydrogen-bond donors (Lipinski definition) is 1. The number of carbonyl (C=O) groups excluding carboxylic acids is 1. The van der Waals surface area contributed by atoms with Crippen molar-refractivity contribution in [2.45, 2.75) is 19.4 Å². The van der Waals surface area contributed by atoms with Crippen LogP contribution in [0.5, 0.6) is 0 Å². The number of nitrogens with zero attached hydrogens (tertiary/aromatic N) is 2. The van der Waals surface area contributed by atoms with Crippen molar-refractivity contribution in [3.05, 3.63) is 30.1 Å². The predicted octanol–water partition coefficient (Wildman–Crippen LogP) is 0.866. The van der Waals surface area contributed by atoms with Crippen molar-refractivity contribution in [2.24, 2.45) is 0 Å². The third kappa shape index (κ3) is 3.68. The van der Waals surface area contributed by atoms with E-state index in [0.29, 0.717) is 6.42 Å². The number of piperazine rings is 1. The standard InChI is InChI=1S/C12H17N3O.ClH/c1-10-8-14-5-6-15(10)12(16)7-11-3-2-4-13-9-11;/h2-4,9-10,14H,5-8H2,1H3;1H/t10-;/m1./s1. The van der Waals surface area contributed by atoms with Crippen LogP contribution in [0.3, 0.4) is 0 Å². The fraction of sp³-hybridized carbons (Fsp3) is 0.500. The van der Waals surface area contributed by atoms with Crippen LogP contribution in [-0.2, 0) is 11.2 Å². The monoisotopic (exact) mass is 255 g/mol. The van der Waals surface area contributed by atoms with Crippen molar-refractivity contribution in [3.8, 4) is 0 Å². The molecule has 1 saturated heterocycles. The molecule has 1 amide bonds. The van der Waals surface area contributed by atoms with Crippen molar-refractivity contribution in [2.75, 3.05) is 19.6 Å². The maximum absolute atomic E-state index is 12.0. The number of nitrogens with one attached hydrogen (secondary N) is 1. The molecule has 0 saturated carbocycles. The highest BCUT2D eigenvalue weighted by Gasteiger charge is 2.22. The molecule has 1 aromatic heterocycles. The lowest BCUT2D eigenvalue weighted by atomic mass is 10.1. The summed E-state index contributed by atoms with van der Waals surface area (Å²) in [6.45, 7) is 4.66. The quantitative estimate of drug-likeness (QED) is 0.853. The third-order valence-electron chi connectivity index (χ3n) is 2.90. The van der Waals surface area contributed by atoms with Crippen LogP contribution in [0.1, 0.15) is 12.5 Å². The molecule has 1 aliphatic heterocycles. The van der Waals surface area contributed by atoms with Gasteiger partial charge in [-0.25, -0.2) is 0 Å². The SMILES string of the molecule is C[C@@H]1CNCCN1C(=O)Cc1cccnc1.Cl.